The first-order chi connectivity index (χ1) is 9.56. The molecule has 1 rings (SSSR count). The number of nitrogens with two attached hydrogens (primary N) is 1. The van der Waals surface area contributed by atoms with E-state index < -0.39 is 6.04 Å². The molecule has 118 valence electrons. The number of amides is 1. The molecule has 1 aromatic rings. The molecule has 7 heteroatoms. The van der Waals surface area contributed by atoms with Gasteiger partial charge in [-0.05, 0) is 24.1 Å². The van der Waals surface area contributed by atoms with Crippen molar-refractivity contribution >= 4 is 30.0 Å². The Kier molecular flexibility index (Phi) is 9.36. The van der Waals surface area contributed by atoms with Gasteiger partial charge in [-0.25, -0.2) is 0 Å². The number of rotatable bonds is 7. The molecule has 0 saturated heterocycles. The maximum Gasteiger partial charge on any atom is 0.305 e. The Morgan fingerprint density at radius 1 is 1.24 bits per heavy atom. The van der Waals surface area contributed by atoms with Crippen molar-refractivity contribution in [1.29, 1.82) is 0 Å². The molecule has 0 radical (unpaired) electrons. The Morgan fingerprint density at radius 3 is 2.38 bits per heavy atom. The summed E-state index contributed by atoms with van der Waals surface area (Å²) >= 11 is 0. The number of ether oxygens (including phenoxy) is 2. The molecular weight excluding hydrogens is 296 g/mol. The highest BCUT2D eigenvalue weighted by atomic mass is 35.5. The first-order valence-electron chi connectivity index (χ1n) is 6.28. The van der Waals surface area contributed by atoms with Crippen LogP contribution < -0.4 is 11.1 Å². The van der Waals surface area contributed by atoms with Crippen LogP contribution >= 0.6 is 12.4 Å². The lowest BCUT2D eigenvalue weighted by atomic mass is 10.1. The number of carbonyl (C=O) groups is 2. The van der Waals surface area contributed by atoms with Crippen molar-refractivity contribution < 1.29 is 19.1 Å². The largest absolute Gasteiger partial charge is 0.469 e. The van der Waals surface area contributed by atoms with Crippen molar-refractivity contribution in [3.63, 3.8) is 0 Å². The summed E-state index contributed by atoms with van der Waals surface area (Å²) in [5.74, 6) is -0.540. The molecule has 1 atom stereocenters. The fourth-order valence-corrected chi connectivity index (χ4v) is 1.59. The van der Waals surface area contributed by atoms with Crippen LogP contribution in [0.1, 0.15) is 12.0 Å². The summed E-state index contributed by atoms with van der Waals surface area (Å²) in [6.07, 6.45) is 0.936. The highest BCUT2D eigenvalue weighted by Crippen LogP contribution is 2.11. The monoisotopic (exact) mass is 316 g/mol. The molecule has 0 bridgehead atoms. The molecule has 6 nitrogen and oxygen atoms in total. The first-order valence-corrected chi connectivity index (χ1v) is 6.28. The number of hydrogen-bond acceptors (Lipinski definition) is 5. The summed E-state index contributed by atoms with van der Waals surface area (Å²) in [6.45, 7) is 0.170. The van der Waals surface area contributed by atoms with E-state index in [4.69, 9.17) is 10.5 Å². The van der Waals surface area contributed by atoms with Crippen LogP contribution in [0.3, 0.4) is 0 Å². The van der Waals surface area contributed by atoms with Crippen molar-refractivity contribution in [3.05, 3.63) is 29.8 Å². The quantitative estimate of drug-likeness (QED) is 0.736. The van der Waals surface area contributed by atoms with Crippen LogP contribution in [0.2, 0.25) is 0 Å². The van der Waals surface area contributed by atoms with E-state index in [9.17, 15) is 9.59 Å². The Bertz CT molecular complexity index is 451. The molecular formula is C14H21ClN2O4. The standard InChI is InChI=1S/C14H20N2O4.ClH/c1-19-9-12(15)14(18)16-11-6-3-10(4-7-11)5-8-13(17)20-2;/h3-4,6-7,12H,5,8-9,15H2,1-2H3,(H,16,18);1H. The van der Waals surface area contributed by atoms with E-state index in [0.717, 1.165) is 5.56 Å². The Morgan fingerprint density at radius 2 is 1.86 bits per heavy atom. The number of aryl methyl sites for hydroxylation is 1. The first kappa shape index (κ1) is 19.4. The van der Waals surface area contributed by atoms with Crippen LogP contribution in [-0.4, -0.2) is 38.7 Å². The Balaban J connectivity index is 0.00000400. The van der Waals surface area contributed by atoms with Gasteiger partial charge in [0.1, 0.15) is 6.04 Å². The van der Waals surface area contributed by atoms with Gasteiger partial charge < -0.3 is 20.5 Å². The third kappa shape index (κ3) is 7.08. The van der Waals surface area contributed by atoms with Crippen LogP contribution in [0.25, 0.3) is 0 Å². The van der Waals surface area contributed by atoms with Gasteiger partial charge in [-0.1, -0.05) is 12.1 Å². The molecule has 1 aromatic carbocycles. The molecule has 21 heavy (non-hydrogen) atoms. The highest BCUT2D eigenvalue weighted by Gasteiger charge is 2.12. The number of benzene rings is 1. The number of esters is 1. The van der Waals surface area contributed by atoms with Gasteiger partial charge in [0.15, 0.2) is 0 Å². The van der Waals surface area contributed by atoms with Crippen molar-refractivity contribution in [2.45, 2.75) is 18.9 Å². The van der Waals surface area contributed by atoms with Crippen LogP contribution in [0.5, 0.6) is 0 Å². The summed E-state index contributed by atoms with van der Waals surface area (Å²) in [7, 11) is 2.85. The summed E-state index contributed by atoms with van der Waals surface area (Å²) < 4.78 is 9.39. The van der Waals surface area contributed by atoms with Gasteiger partial charge in [0.2, 0.25) is 5.91 Å². The smallest absolute Gasteiger partial charge is 0.305 e. The fourth-order valence-electron chi connectivity index (χ4n) is 1.59. The summed E-state index contributed by atoms with van der Waals surface area (Å²) in [4.78, 5) is 22.7. The van der Waals surface area contributed by atoms with E-state index in [1.165, 1.54) is 14.2 Å². The second-order valence-corrected chi connectivity index (χ2v) is 4.32. The number of anilines is 1. The SMILES string of the molecule is COCC(N)C(=O)Nc1ccc(CCC(=O)OC)cc1.Cl. The molecule has 3 N–H and O–H groups in total. The number of halogens is 1. The van der Waals surface area contributed by atoms with Crippen LogP contribution in [0.15, 0.2) is 24.3 Å². The van der Waals surface area contributed by atoms with Gasteiger partial charge in [0.25, 0.3) is 0 Å². The lowest BCUT2D eigenvalue weighted by Crippen LogP contribution is -2.39. The summed E-state index contributed by atoms with van der Waals surface area (Å²) in [5, 5.41) is 2.69. The average molecular weight is 317 g/mol. The zero-order valence-corrected chi connectivity index (χ0v) is 12.9. The second kappa shape index (κ2) is 10.1. The van der Waals surface area contributed by atoms with Gasteiger partial charge in [-0.2, -0.15) is 0 Å². The molecule has 0 aliphatic heterocycles. The normalized spacial score (nSPS) is 11.2. The minimum absolute atomic E-state index is 0. The Labute approximate surface area is 130 Å². The fraction of sp³-hybridized carbons (Fsp3) is 0.429. The second-order valence-electron chi connectivity index (χ2n) is 4.32. The maximum absolute atomic E-state index is 11.7. The number of nitrogens with one attached hydrogen (secondary N) is 1. The van der Waals surface area contributed by atoms with Gasteiger partial charge in [-0.3, -0.25) is 9.59 Å². The topological polar surface area (TPSA) is 90.6 Å². The van der Waals surface area contributed by atoms with Gasteiger partial charge in [-0.15, -0.1) is 12.4 Å². The molecule has 0 spiro atoms. The predicted molar refractivity (Wildman–Crippen MR) is 82.5 cm³/mol. The highest BCUT2D eigenvalue weighted by molar-refractivity contribution is 5.94. The van der Waals surface area contributed by atoms with Gasteiger partial charge >= 0.3 is 5.97 Å². The molecule has 0 aliphatic carbocycles. The number of methoxy groups -OCH3 is 2. The number of carbonyl (C=O) groups excluding carboxylic acids is 2. The molecule has 0 fully saturated rings. The average Bonchev–Trinajstić information content (AvgIpc) is 2.46. The van der Waals surface area contributed by atoms with Crippen molar-refractivity contribution in [1.82, 2.24) is 0 Å². The minimum Gasteiger partial charge on any atom is -0.469 e. The van der Waals surface area contributed by atoms with Crippen molar-refractivity contribution in [3.8, 4) is 0 Å². The van der Waals surface area contributed by atoms with Gasteiger partial charge in [0, 0.05) is 19.2 Å². The molecule has 0 saturated carbocycles. The zero-order valence-electron chi connectivity index (χ0n) is 12.1. The van der Waals surface area contributed by atoms with Crippen molar-refractivity contribution in [2.24, 2.45) is 5.73 Å². The van der Waals surface area contributed by atoms with E-state index in [0.29, 0.717) is 18.5 Å². The molecule has 1 unspecified atom stereocenters. The molecule has 1 amide bonds. The van der Waals surface area contributed by atoms with E-state index in [1.807, 2.05) is 12.1 Å². The minimum atomic E-state index is -0.695. The summed E-state index contributed by atoms with van der Waals surface area (Å²) in [5.41, 5.74) is 7.26. The third-order valence-electron chi connectivity index (χ3n) is 2.75. The van der Waals surface area contributed by atoms with Crippen molar-refractivity contribution in [2.75, 3.05) is 26.1 Å². The Hall–Kier alpha value is -1.63. The predicted octanol–water partition coefficient (Wildman–Crippen LogP) is 1.13. The van der Waals surface area contributed by atoms with E-state index >= 15 is 0 Å². The van der Waals surface area contributed by atoms with Gasteiger partial charge in [0.05, 0.1) is 13.7 Å². The van der Waals surface area contributed by atoms with Crippen LogP contribution in [0, 0.1) is 0 Å². The van der Waals surface area contributed by atoms with E-state index in [2.05, 4.69) is 10.1 Å². The lowest BCUT2D eigenvalue weighted by Gasteiger charge is -2.11. The van der Waals surface area contributed by atoms with E-state index in [-0.39, 0.29) is 30.9 Å². The van der Waals surface area contributed by atoms with Crippen LogP contribution in [-0.2, 0) is 25.5 Å². The third-order valence-corrected chi connectivity index (χ3v) is 2.75. The lowest BCUT2D eigenvalue weighted by molar-refractivity contribution is -0.140. The molecule has 0 aromatic heterocycles. The van der Waals surface area contributed by atoms with Crippen LogP contribution in [0.4, 0.5) is 5.69 Å². The van der Waals surface area contributed by atoms with E-state index in [1.54, 1.807) is 12.1 Å². The summed E-state index contributed by atoms with van der Waals surface area (Å²) in [6, 6.07) is 6.54. The maximum atomic E-state index is 11.7. The molecule has 0 aliphatic rings. The number of hydrogen-bond donors (Lipinski definition) is 2. The molecule has 0 heterocycles. The zero-order chi connectivity index (χ0) is 15.0.